The second-order valence-electron chi connectivity index (χ2n) is 4.71. The van der Waals surface area contributed by atoms with Gasteiger partial charge in [0.25, 0.3) is 0 Å². The molecule has 2 N–H and O–H groups in total. The molecule has 0 saturated heterocycles. The lowest BCUT2D eigenvalue weighted by molar-refractivity contribution is 0.167. The third-order valence-corrected chi connectivity index (χ3v) is 2.79. The van der Waals surface area contributed by atoms with Crippen molar-refractivity contribution in [1.82, 2.24) is 0 Å². The minimum Gasteiger partial charge on any atom is -0.389 e. The molecule has 2 atom stereocenters. The first-order chi connectivity index (χ1) is 8.09. The first-order valence-corrected chi connectivity index (χ1v) is 6.18. The van der Waals surface area contributed by atoms with Gasteiger partial charge in [-0.05, 0) is 24.3 Å². The Balaban J connectivity index is 2.33. The van der Waals surface area contributed by atoms with E-state index >= 15 is 0 Å². The maximum Gasteiger partial charge on any atom is 0.0744 e. The van der Waals surface area contributed by atoms with Gasteiger partial charge in [-0.2, -0.15) is 0 Å². The van der Waals surface area contributed by atoms with Crippen LogP contribution in [-0.2, 0) is 6.42 Å². The molecule has 17 heavy (non-hydrogen) atoms. The van der Waals surface area contributed by atoms with Crippen LogP contribution in [0.15, 0.2) is 42.5 Å². The Bertz CT molecular complexity index is 330. The van der Waals surface area contributed by atoms with Gasteiger partial charge in [-0.3, -0.25) is 0 Å². The molecular formula is C15H22O2. The number of aryl methyl sites for hydroxylation is 1. The molecule has 0 aliphatic carbocycles. The number of benzene rings is 1. The molecule has 0 bridgehead atoms. The van der Waals surface area contributed by atoms with Crippen LogP contribution in [0.2, 0.25) is 0 Å². The highest BCUT2D eigenvalue weighted by atomic mass is 16.3. The first-order valence-electron chi connectivity index (χ1n) is 6.18. The average molecular weight is 234 g/mol. The van der Waals surface area contributed by atoms with Gasteiger partial charge in [-0.1, -0.05) is 56.3 Å². The summed E-state index contributed by atoms with van der Waals surface area (Å²) >= 11 is 0. The first kappa shape index (κ1) is 13.9. The van der Waals surface area contributed by atoms with Gasteiger partial charge in [0.2, 0.25) is 0 Å². The molecule has 0 aliphatic heterocycles. The molecule has 0 spiro atoms. The number of aliphatic hydroxyl groups is 2. The number of hydrogen-bond acceptors (Lipinski definition) is 2. The van der Waals surface area contributed by atoms with Crippen molar-refractivity contribution in [2.75, 3.05) is 0 Å². The Labute approximate surface area is 104 Å². The zero-order valence-electron chi connectivity index (χ0n) is 10.6. The van der Waals surface area contributed by atoms with Gasteiger partial charge < -0.3 is 10.2 Å². The predicted octanol–water partition coefficient (Wildman–Crippen LogP) is 2.55. The lowest BCUT2D eigenvalue weighted by atomic mass is 10.0. The zero-order chi connectivity index (χ0) is 12.7. The molecule has 94 valence electrons. The molecule has 0 heterocycles. The molecule has 0 amide bonds. The van der Waals surface area contributed by atoms with Gasteiger partial charge >= 0.3 is 0 Å². The Morgan fingerprint density at radius 1 is 1.06 bits per heavy atom. The molecule has 2 nitrogen and oxygen atoms in total. The van der Waals surface area contributed by atoms with Crippen LogP contribution in [0.4, 0.5) is 0 Å². The summed E-state index contributed by atoms with van der Waals surface area (Å²) in [4.78, 5) is 0. The van der Waals surface area contributed by atoms with E-state index in [2.05, 4.69) is 12.1 Å². The van der Waals surface area contributed by atoms with Crippen LogP contribution in [0, 0.1) is 5.92 Å². The fourth-order valence-corrected chi connectivity index (χ4v) is 1.52. The highest BCUT2D eigenvalue weighted by Crippen LogP contribution is 2.07. The fourth-order valence-electron chi connectivity index (χ4n) is 1.52. The monoisotopic (exact) mass is 234 g/mol. The Kier molecular flexibility index (Phi) is 5.95. The molecule has 2 heteroatoms. The summed E-state index contributed by atoms with van der Waals surface area (Å²) in [6.45, 7) is 3.90. The number of aliphatic hydroxyl groups excluding tert-OH is 2. The third kappa shape index (κ3) is 5.66. The van der Waals surface area contributed by atoms with E-state index in [0.29, 0.717) is 6.42 Å². The van der Waals surface area contributed by atoms with E-state index in [4.69, 9.17) is 0 Å². The van der Waals surface area contributed by atoms with Crippen molar-refractivity contribution < 1.29 is 10.2 Å². The van der Waals surface area contributed by atoms with E-state index < -0.39 is 12.2 Å². The quantitative estimate of drug-likeness (QED) is 0.743. The van der Waals surface area contributed by atoms with Crippen LogP contribution < -0.4 is 0 Å². The molecule has 0 radical (unpaired) electrons. The number of hydrogen-bond donors (Lipinski definition) is 2. The second-order valence-corrected chi connectivity index (χ2v) is 4.71. The third-order valence-electron chi connectivity index (χ3n) is 2.79. The molecule has 1 rings (SSSR count). The van der Waals surface area contributed by atoms with Gasteiger partial charge in [0, 0.05) is 0 Å². The van der Waals surface area contributed by atoms with Crippen LogP contribution >= 0.6 is 0 Å². The van der Waals surface area contributed by atoms with Crippen LogP contribution in [0.3, 0.4) is 0 Å². The van der Waals surface area contributed by atoms with E-state index in [1.807, 2.05) is 32.0 Å². The van der Waals surface area contributed by atoms with E-state index in [1.54, 1.807) is 12.2 Å². The number of rotatable bonds is 6. The minimum absolute atomic E-state index is 0.188. The molecule has 1 aromatic rings. The molecule has 0 saturated carbocycles. The average Bonchev–Trinajstić information content (AvgIpc) is 2.34. The van der Waals surface area contributed by atoms with Crippen LogP contribution in [-0.4, -0.2) is 22.4 Å². The van der Waals surface area contributed by atoms with Crippen molar-refractivity contribution in [2.24, 2.45) is 5.92 Å². The van der Waals surface area contributed by atoms with Crippen LogP contribution in [0.5, 0.6) is 0 Å². The van der Waals surface area contributed by atoms with Crippen LogP contribution in [0.25, 0.3) is 0 Å². The summed E-state index contributed by atoms with van der Waals surface area (Å²) in [5.74, 6) is 0.188. The van der Waals surface area contributed by atoms with E-state index in [0.717, 1.165) is 6.42 Å². The molecule has 2 unspecified atom stereocenters. The van der Waals surface area contributed by atoms with Crippen molar-refractivity contribution in [3.63, 3.8) is 0 Å². The van der Waals surface area contributed by atoms with Crippen molar-refractivity contribution in [3.8, 4) is 0 Å². The molecule has 0 aromatic heterocycles. The van der Waals surface area contributed by atoms with E-state index in [9.17, 15) is 10.2 Å². The Morgan fingerprint density at radius 3 is 2.29 bits per heavy atom. The van der Waals surface area contributed by atoms with Crippen molar-refractivity contribution in [3.05, 3.63) is 48.0 Å². The summed E-state index contributed by atoms with van der Waals surface area (Å²) < 4.78 is 0. The maximum atomic E-state index is 9.74. The standard InChI is InChI=1S/C15H22O2/c1-12(2)15(17)11-10-14(16)9-8-13-6-4-3-5-7-13/h3-7,10-12,14-17H,8-9H2,1-2H3/b11-10-. The van der Waals surface area contributed by atoms with Gasteiger partial charge in [-0.25, -0.2) is 0 Å². The summed E-state index contributed by atoms with van der Waals surface area (Å²) in [6.07, 6.45) is 3.95. The van der Waals surface area contributed by atoms with Crippen molar-refractivity contribution in [2.45, 2.75) is 38.9 Å². The summed E-state index contributed by atoms with van der Waals surface area (Å²) in [6, 6.07) is 10.1. The van der Waals surface area contributed by atoms with Crippen molar-refractivity contribution >= 4 is 0 Å². The van der Waals surface area contributed by atoms with Gasteiger partial charge in [0.1, 0.15) is 0 Å². The minimum atomic E-state index is -0.483. The van der Waals surface area contributed by atoms with Gasteiger partial charge in [-0.15, -0.1) is 0 Å². The largest absolute Gasteiger partial charge is 0.389 e. The summed E-state index contributed by atoms with van der Waals surface area (Å²) in [5, 5.41) is 19.3. The summed E-state index contributed by atoms with van der Waals surface area (Å²) in [7, 11) is 0. The smallest absolute Gasteiger partial charge is 0.0744 e. The van der Waals surface area contributed by atoms with E-state index in [-0.39, 0.29) is 5.92 Å². The summed E-state index contributed by atoms with van der Waals surface area (Å²) in [5.41, 5.74) is 1.23. The van der Waals surface area contributed by atoms with Crippen LogP contribution in [0.1, 0.15) is 25.8 Å². The Hall–Kier alpha value is -1.12. The molecule has 1 aromatic carbocycles. The lowest BCUT2D eigenvalue weighted by Gasteiger charge is -2.10. The second kappa shape index (κ2) is 7.25. The lowest BCUT2D eigenvalue weighted by Crippen LogP contribution is -2.12. The molecule has 0 fully saturated rings. The normalized spacial score (nSPS) is 15.4. The van der Waals surface area contributed by atoms with Gasteiger partial charge in [0.15, 0.2) is 0 Å². The Morgan fingerprint density at radius 2 is 1.71 bits per heavy atom. The maximum absolute atomic E-state index is 9.74. The van der Waals surface area contributed by atoms with E-state index in [1.165, 1.54) is 5.56 Å². The highest BCUT2D eigenvalue weighted by Gasteiger charge is 2.06. The molecular weight excluding hydrogens is 212 g/mol. The SMILES string of the molecule is CC(C)C(O)/C=C\C(O)CCc1ccccc1. The predicted molar refractivity (Wildman–Crippen MR) is 70.8 cm³/mol. The van der Waals surface area contributed by atoms with Gasteiger partial charge in [0.05, 0.1) is 12.2 Å². The topological polar surface area (TPSA) is 40.5 Å². The highest BCUT2D eigenvalue weighted by molar-refractivity contribution is 5.15. The fraction of sp³-hybridized carbons (Fsp3) is 0.467. The zero-order valence-corrected chi connectivity index (χ0v) is 10.6. The van der Waals surface area contributed by atoms with Crippen molar-refractivity contribution in [1.29, 1.82) is 0 Å². The molecule has 0 aliphatic rings.